The predicted octanol–water partition coefficient (Wildman–Crippen LogP) is 3.55. The Bertz CT molecular complexity index is 1170. The van der Waals surface area contributed by atoms with E-state index in [0.717, 1.165) is 28.5 Å². The predicted molar refractivity (Wildman–Crippen MR) is 122 cm³/mol. The van der Waals surface area contributed by atoms with E-state index >= 15 is 0 Å². The van der Waals surface area contributed by atoms with E-state index in [-0.39, 0.29) is 36.2 Å². The van der Waals surface area contributed by atoms with Gasteiger partial charge in [0.05, 0.1) is 6.54 Å². The summed E-state index contributed by atoms with van der Waals surface area (Å²) in [4.78, 5) is 36.2. The quantitative estimate of drug-likeness (QED) is 0.466. The molecule has 0 fully saturated rings. The first-order valence-electron chi connectivity index (χ1n) is 10.9. The molecular weight excluding hydrogens is 438 g/mol. The lowest BCUT2D eigenvalue weighted by Gasteiger charge is -2.17. The highest BCUT2D eigenvalue weighted by atomic mass is 16.5. The molecule has 0 saturated carbocycles. The summed E-state index contributed by atoms with van der Waals surface area (Å²) in [7, 11) is 0. The van der Waals surface area contributed by atoms with Crippen molar-refractivity contribution >= 4 is 18.0 Å². The van der Waals surface area contributed by atoms with Gasteiger partial charge in [-0.05, 0) is 28.2 Å². The van der Waals surface area contributed by atoms with E-state index < -0.39 is 24.0 Å². The Labute approximate surface area is 196 Å². The molecule has 4 rings (SSSR count). The zero-order chi connectivity index (χ0) is 24.2. The van der Waals surface area contributed by atoms with Gasteiger partial charge < -0.3 is 25.0 Å². The van der Waals surface area contributed by atoms with Crippen molar-refractivity contribution in [2.75, 3.05) is 6.61 Å². The van der Waals surface area contributed by atoms with E-state index in [9.17, 15) is 19.5 Å². The van der Waals surface area contributed by atoms with Gasteiger partial charge in [0.2, 0.25) is 0 Å². The number of aromatic nitrogens is 1. The Hall–Kier alpha value is -4.14. The van der Waals surface area contributed by atoms with Crippen molar-refractivity contribution in [3.8, 4) is 11.1 Å². The molecule has 9 nitrogen and oxygen atoms in total. The topological polar surface area (TPSA) is 131 Å². The monoisotopic (exact) mass is 463 g/mol. The van der Waals surface area contributed by atoms with Gasteiger partial charge in [-0.15, -0.1) is 0 Å². The van der Waals surface area contributed by atoms with Crippen molar-refractivity contribution in [1.29, 1.82) is 0 Å². The van der Waals surface area contributed by atoms with Crippen molar-refractivity contribution in [3.63, 3.8) is 0 Å². The van der Waals surface area contributed by atoms with Gasteiger partial charge in [0, 0.05) is 5.92 Å². The number of carboxylic acids is 1. The Kier molecular flexibility index (Phi) is 6.62. The highest BCUT2D eigenvalue weighted by molar-refractivity contribution is 5.97. The summed E-state index contributed by atoms with van der Waals surface area (Å²) in [6.45, 7) is 3.41. The normalized spacial score (nSPS) is 13.1. The number of ether oxygens (including phenoxy) is 1. The summed E-state index contributed by atoms with van der Waals surface area (Å²) in [6.07, 6.45) is 0.449. The van der Waals surface area contributed by atoms with E-state index in [1.54, 1.807) is 13.8 Å². The van der Waals surface area contributed by atoms with Crippen LogP contribution in [0.25, 0.3) is 11.1 Å². The summed E-state index contributed by atoms with van der Waals surface area (Å²) in [5.41, 5.74) is 4.68. The minimum atomic E-state index is -1.14. The standard InChI is InChI=1S/C25H25N3O6/c1-14(2)22(24(30)31)27-23(29)20-13-34-28-21(20)11-26-25(32)33-12-19-17-9-5-3-7-15(17)16-8-4-6-10-18(16)19/h3-10,13-14,19,22H,11-12H2,1-2H3,(H,26,32)(H,27,29)(H,30,31). The first kappa shape index (κ1) is 23.0. The third kappa shape index (κ3) is 4.63. The SMILES string of the molecule is CC(C)C(NC(=O)c1conc1CNC(=O)OCC1c2ccccc2-c2ccccc21)C(=O)O. The van der Waals surface area contributed by atoms with Gasteiger partial charge in [-0.2, -0.15) is 0 Å². The lowest BCUT2D eigenvalue weighted by Crippen LogP contribution is -2.44. The van der Waals surface area contributed by atoms with Gasteiger partial charge in [-0.1, -0.05) is 67.5 Å². The molecule has 2 aromatic carbocycles. The van der Waals surface area contributed by atoms with E-state index in [0.29, 0.717) is 0 Å². The summed E-state index contributed by atoms with van der Waals surface area (Å²) in [6, 6.07) is 15.0. The van der Waals surface area contributed by atoms with Crippen LogP contribution in [0, 0.1) is 5.92 Å². The first-order valence-corrected chi connectivity index (χ1v) is 10.9. The minimum absolute atomic E-state index is 0.0471. The molecule has 3 aromatic rings. The van der Waals surface area contributed by atoms with Crippen LogP contribution in [0.5, 0.6) is 0 Å². The smallest absolute Gasteiger partial charge is 0.407 e. The van der Waals surface area contributed by atoms with Crippen LogP contribution in [-0.4, -0.2) is 40.9 Å². The number of fused-ring (bicyclic) bond motifs is 3. The average molecular weight is 463 g/mol. The average Bonchev–Trinajstić information content (AvgIpc) is 3.42. The number of carboxylic acid groups (broad SMARTS) is 1. The third-order valence-corrected chi connectivity index (χ3v) is 5.85. The van der Waals surface area contributed by atoms with E-state index in [4.69, 9.17) is 9.26 Å². The van der Waals surface area contributed by atoms with Crippen LogP contribution < -0.4 is 10.6 Å². The van der Waals surface area contributed by atoms with Crippen molar-refractivity contribution in [3.05, 3.63) is 77.2 Å². The number of aliphatic carboxylic acids is 1. The third-order valence-electron chi connectivity index (χ3n) is 5.85. The Morgan fingerprint density at radius 3 is 2.26 bits per heavy atom. The molecule has 9 heteroatoms. The van der Waals surface area contributed by atoms with Crippen molar-refractivity contribution in [2.24, 2.45) is 5.92 Å². The van der Waals surface area contributed by atoms with Crippen LogP contribution in [-0.2, 0) is 16.1 Å². The molecule has 1 unspecified atom stereocenters. The summed E-state index contributed by atoms with van der Waals surface area (Å²) >= 11 is 0. The van der Waals surface area contributed by atoms with Crippen molar-refractivity contribution < 1.29 is 28.8 Å². The molecule has 0 spiro atoms. The molecule has 0 radical (unpaired) electrons. The van der Waals surface area contributed by atoms with Crippen LogP contribution in [0.3, 0.4) is 0 Å². The lowest BCUT2D eigenvalue weighted by molar-refractivity contribution is -0.140. The highest BCUT2D eigenvalue weighted by Gasteiger charge is 2.29. The number of carbonyl (C=O) groups is 3. The number of nitrogens with one attached hydrogen (secondary N) is 2. The summed E-state index contributed by atoms with van der Waals surface area (Å²) in [5, 5.41) is 18.0. The van der Waals surface area contributed by atoms with Crippen molar-refractivity contribution in [2.45, 2.75) is 32.4 Å². The molecule has 2 amide bonds. The number of nitrogens with zero attached hydrogens (tertiary/aromatic N) is 1. The van der Waals surface area contributed by atoms with E-state index in [2.05, 4.69) is 27.9 Å². The van der Waals surface area contributed by atoms with E-state index in [1.807, 2.05) is 36.4 Å². The van der Waals surface area contributed by atoms with Gasteiger partial charge in [0.1, 0.15) is 30.2 Å². The minimum Gasteiger partial charge on any atom is -0.480 e. The van der Waals surface area contributed by atoms with Gasteiger partial charge >= 0.3 is 12.1 Å². The number of alkyl carbamates (subject to hydrolysis) is 1. The Morgan fingerprint density at radius 1 is 1.06 bits per heavy atom. The summed E-state index contributed by atoms with van der Waals surface area (Å²) in [5.74, 6) is -2.18. The van der Waals surface area contributed by atoms with Crippen LogP contribution in [0.1, 0.15) is 46.9 Å². The zero-order valence-corrected chi connectivity index (χ0v) is 18.8. The Balaban J connectivity index is 1.36. The highest BCUT2D eigenvalue weighted by Crippen LogP contribution is 2.44. The Morgan fingerprint density at radius 2 is 1.68 bits per heavy atom. The largest absolute Gasteiger partial charge is 0.480 e. The maximum atomic E-state index is 12.5. The lowest BCUT2D eigenvalue weighted by atomic mass is 9.98. The van der Waals surface area contributed by atoms with E-state index in [1.165, 1.54) is 0 Å². The molecule has 1 aliphatic carbocycles. The molecule has 0 bridgehead atoms. The fourth-order valence-electron chi connectivity index (χ4n) is 4.11. The molecule has 176 valence electrons. The fraction of sp³-hybridized carbons (Fsp3) is 0.280. The molecule has 1 aliphatic rings. The fourth-order valence-corrected chi connectivity index (χ4v) is 4.11. The molecule has 0 aliphatic heterocycles. The molecule has 1 atom stereocenters. The number of benzene rings is 2. The van der Waals surface area contributed by atoms with Crippen LogP contribution in [0.2, 0.25) is 0 Å². The molecule has 3 N–H and O–H groups in total. The van der Waals surface area contributed by atoms with Gasteiger partial charge in [0.15, 0.2) is 0 Å². The molecule has 1 heterocycles. The number of hydrogen-bond donors (Lipinski definition) is 3. The van der Waals surface area contributed by atoms with Crippen molar-refractivity contribution in [1.82, 2.24) is 15.8 Å². The van der Waals surface area contributed by atoms with Crippen LogP contribution >= 0.6 is 0 Å². The molecule has 1 aromatic heterocycles. The number of hydrogen-bond acceptors (Lipinski definition) is 6. The first-order chi connectivity index (χ1) is 16.4. The summed E-state index contributed by atoms with van der Waals surface area (Å²) < 4.78 is 10.3. The molecular formula is C25H25N3O6. The second-order valence-corrected chi connectivity index (χ2v) is 8.39. The maximum Gasteiger partial charge on any atom is 0.407 e. The number of carbonyl (C=O) groups excluding carboxylic acids is 2. The molecule has 0 saturated heterocycles. The number of rotatable bonds is 8. The van der Waals surface area contributed by atoms with Crippen LogP contribution in [0.4, 0.5) is 4.79 Å². The molecule has 34 heavy (non-hydrogen) atoms. The second kappa shape index (κ2) is 9.78. The van der Waals surface area contributed by atoms with Gasteiger partial charge in [-0.3, -0.25) is 4.79 Å². The van der Waals surface area contributed by atoms with Gasteiger partial charge in [0.25, 0.3) is 5.91 Å². The maximum absolute atomic E-state index is 12.5. The zero-order valence-electron chi connectivity index (χ0n) is 18.8. The van der Waals surface area contributed by atoms with Gasteiger partial charge in [-0.25, -0.2) is 9.59 Å². The van der Waals surface area contributed by atoms with Crippen LogP contribution in [0.15, 0.2) is 59.3 Å². The second-order valence-electron chi connectivity index (χ2n) is 8.39. The number of amides is 2.